The van der Waals surface area contributed by atoms with Gasteiger partial charge in [0.15, 0.2) is 11.5 Å². The molecule has 0 N–H and O–H groups in total. The van der Waals surface area contributed by atoms with Gasteiger partial charge in [-0.05, 0) is 23.8 Å². The van der Waals surface area contributed by atoms with Crippen LogP contribution in [0.5, 0.6) is 11.5 Å². The highest BCUT2D eigenvalue weighted by atomic mass is 35.5. The second-order valence-electron chi connectivity index (χ2n) is 4.83. The van der Waals surface area contributed by atoms with Gasteiger partial charge in [0.2, 0.25) is 5.70 Å². The van der Waals surface area contributed by atoms with Gasteiger partial charge in [-0.3, -0.25) is 10.1 Å². The zero-order chi connectivity index (χ0) is 16.8. The van der Waals surface area contributed by atoms with Gasteiger partial charge in [-0.25, -0.2) is 0 Å². The molecule has 0 aliphatic heterocycles. The first kappa shape index (κ1) is 16.8. The van der Waals surface area contributed by atoms with Crippen LogP contribution in [0, 0.1) is 10.1 Å². The molecule has 0 unspecified atom stereocenters. The Kier molecular flexibility index (Phi) is 5.60. The molecule has 2 rings (SSSR count). The smallest absolute Gasteiger partial charge is 0.243 e. The highest BCUT2D eigenvalue weighted by Crippen LogP contribution is 2.30. The molecular formula is C17H16ClNO4. The van der Waals surface area contributed by atoms with Gasteiger partial charge in [0.1, 0.15) is 6.61 Å². The van der Waals surface area contributed by atoms with Gasteiger partial charge >= 0.3 is 0 Å². The van der Waals surface area contributed by atoms with Crippen LogP contribution >= 0.6 is 11.6 Å². The van der Waals surface area contributed by atoms with E-state index in [1.54, 1.807) is 24.3 Å². The maximum atomic E-state index is 10.7. The lowest BCUT2D eigenvalue weighted by Crippen LogP contribution is -1.99. The molecule has 0 spiro atoms. The molecule has 0 aliphatic carbocycles. The average Bonchev–Trinajstić information content (AvgIpc) is 2.54. The van der Waals surface area contributed by atoms with Gasteiger partial charge in [-0.1, -0.05) is 35.9 Å². The molecule has 6 heteroatoms. The Bertz CT molecular complexity index is 743. The summed E-state index contributed by atoms with van der Waals surface area (Å²) in [6.07, 6.45) is 1.47. The number of halogens is 1. The summed E-state index contributed by atoms with van der Waals surface area (Å²) in [5, 5.41) is 11.3. The van der Waals surface area contributed by atoms with E-state index in [1.807, 2.05) is 18.2 Å². The van der Waals surface area contributed by atoms with Crippen LogP contribution in [-0.4, -0.2) is 12.0 Å². The Hall–Kier alpha value is -2.53. The van der Waals surface area contributed by atoms with Gasteiger partial charge in [0, 0.05) is 23.6 Å². The third-order valence-electron chi connectivity index (χ3n) is 3.19. The number of allylic oxidation sites excluding steroid dienone is 1. The van der Waals surface area contributed by atoms with E-state index in [9.17, 15) is 10.1 Å². The van der Waals surface area contributed by atoms with E-state index in [2.05, 4.69) is 0 Å². The number of methoxy groups -OCH3 is 1. The van der Waals surface area contributed by atoms with Crippen molar-refractivity contribution in [1.29, 1.82) is 0 Å². The zero-order valence-electron chi connectivity index (χ0n) is 12.8. The quantitative estimate of drug-likeness (QED) is 0.574. The summed E-state index contributed by atoms with van der Waals surface area (Å²) in [7, 11) is 1.52. The number of benzene rings is 2. The molecule has 0 aliphatic rings. The Morgan fingerprint density at radius 3 is 2.65 bits per heavy atom. The molecule has 0 saturated carbocycles. The first-order chi connectivity index (χ1) is 11.0. The summed E-state index contributed by atoms with van der Waals surface area (Å²) >= 11 is 6.09. The van der Waals surface area contributed by atoms with Crippen molar-refractivity contribution >= 4 is 17.7 Å². The summed E-state index contributed by atoms with van der Waals surface area (Å²) < 4.78 is 11.0. The Balaban J connectivity index is 2.18. The molecular weight excluding hydrogens is 318 g/mol. The molecule has 0 heterocycles. The van der Waals surface area contributed by atoms with E-state index in [4.69, 9.17) is 21.1 Å². The van der Waals surface area contributed by atoms with E-state index in [0.717, 1.165) is 5.56 Å². The SMILES string of the molecule is COc1cc(C=C(C)[N+](=O)[O-])ccc1OCc1ccccc1Cl. The largest absolute Gasteiger partial charge is 0.493 e. The van der Waals surface area contributed by atoms with Crippen LogP contribution in [-0.2, 0) is 6.61 Å². The topological polar surface area (TPSA) is 61.6 Å². The Morgan fingerprint density at radius 1 is 1.26 bits per heavy atom. The van der Waals surface area contributed by atoms with E-state index in [0.29, 0.717) is 28.7 Å². The summed E-state index contributed by atoms with van der Waals surface area (Å²) in [5.41, 5.74) is 1.59. The molecule has 2 aromatic carbocycles. The van der Waals surface area contributed by atoms with Gasteiger partial charge in [0.25, 0.3) is 0 Å². The molecule has 0 amide bonds. The second-order valence-corrected chi connectivity index (χ2v) is 5.24. The normalized spacial score (nSPS) is 11.2. The second kappa shape index (κ2) is 7.65. The maximum Gasteiger partial charge on any atom is 0.243 e. The maximum absolute atomic E-state index is 10.7. The van der Waals surface area contributed by atoms with E-state index < -0.39 is 4.92 Å². The first-order valence-electron chi connectivity index (χ1n) is 6.88. The van der Waals surface area contributed by atoms with E-state index in [1.165, 1.54) is 20.1 Å². The molecule has 0 bridgehead atoms. The van der Waals surface area contributed by atoms with Crippen molar-refractivity contribution in [3.8, 4) is 11.5 Å². The van der Waals surface area contributed by atoms with Gasteiger partial charge < -0.3 is 9.47 Å². The van der Waals surface area contributed by atoms with Crippen molar-refractivity contribution in [2.45, 2.75) is 13.5 Å². The van der Waals surface area contributed by atoms with Crippen molar-refractivity contribution in [2.75, 3.05) is 7.11 Å². The number of rotatable bonds is 6. The summed E-state index contributed by atoms with van der Waals surface area (Å²) in [5.74, 6) is 1.05. The minimum atomic E-state index is -0.436. The molecule has 120 valence electrons. The Morgan fingerprint density at radius 2 is 2.00 bits per heavy atom. The van der Waals surface area contributed by atoms with E-state index in [-0.39, 0.29) is 5.70 Å². The first-order valence-corrected chi connectivity index (χ1v) is 7.26. The summed E-state index contributed by atoms with van der Waals surface area (Å²) in [6, 6.07) is 12.6. The highest BCUT2D eigenvalue weighted by molar-refractivity contribution is 6.31. The number of ether oxygens (including phenoxy) is 2. The third-order valence-corrected chi connectivity index (χ3v) is 3.56. The monoisotopic (exact) mass is 333 g/mol. The predicted octanol–water partition coefficient (Wildman–Crippen LogP) is 4.57. The van der Waals surface area contributed by atoms with Crippen molar-refractivity contribution in [3.63, 3.8) is 0 Å². The lowest BCUT2D eigenvalue weighted by molar-refractivity contribution is -0.422. The van der Waals surface area contributed by atoms with E-state index >= 15 is 0 Å². The molecule has 0 atom stereocenters. The van der Waals surface area contributed by atoms with Gasteiger partial charge in [-0.15, -0.1) is 0 Å². The van der Waals surface area contributed by atoms with Crippen LogP contribution in [0.1, 0.15) is 18.1 Å². The van der Waals surface area contributed by atoms with Crippen LogP contribution in [0.2, 0.25) is 5.02 Å². The standard InChI is InChI=1S/C17H16ClNO4/c1-12(19(20)21)9-13-7-8-16(17(10-13)22-2)23-11-14-5-3-4-6-15(14)18/h3-10H,11H2,1-2H3. The molecule has 0 aromatic heterocycles. The fourth-order valence-corrected chi connectivity index (χ4v) is 2.15. The highest BCUT2D eigenvalue weighted by Gasteiger charge is 2.09. The third kappa shape index (κ3) is 4.47. The molecule has 0 radical (unpaired) electrons. The van der Waals surface area contributed by atoms with Crippen LogP contribution in [0.3, 0.4) is 0 Å². The van der Waals surface area contributed by atoms with Crippen LogP contribution < -0.4 is 9.47 Å². The van der Waals surface area contributed by atoms with Gasteiger partial charge in [0.05, 0.1) is 12.0 Å². The summed E-state index contributed by atoms with van der Waals surface area (Å²) in [4.78, 5) is 10.2. The van der Waals surface area contributed by atoms with Crippen LogP contribution in [0.25, 0.3) is 6.08 Å². The Labute approximate surface area is 139 Å². The molecule has 2 aromatic rings. The van der Waals surface area contributed by atoms with Crippen molar-refractivity contribution in [2.24, 2.45) is 0 Å². The molecule has 0 fully saturated rings. The fraction of sp³-hybridized carbons (Fsp3) is 0.176. The molecule has 0 saturated heterocycles. The molecule has 23 heavy (non-hydrogen) atoms. The van der Waals surface area contributed by atoms with Crippen molar-refractivity contribution < 1.29 is 14.4 Å². The van der Waals surface area contributed by atoms with Crippen molar-refractivity contribution in [1.82, 2.24) is 0 Å². The van der Waals surface area contributed by atoms with Crippen LogP contribution in [0.4, 0.5) is 0 Å². The summed E-state index contributed by atoms with van der Waals surface area (Å²) in [6.45, 7) is 1.74. The van der Waals surface area contributed by atoms with Crippen molar-refractivity contribution in [3.05, 3.63) is 74.4 Å². The average molecular weight is 334 g/mol. The lowest BCUT2D eigenvalue weighted by atomic mass is 10.1. The number of hydrogen-bond acceptors (Lipinski definition) is 4. The van der Waals surface area contributed by atoms with Gasteiger partial charge in [-0.2, -0.15) is 0 Å². The minimum absolute atomic E-state index is 0.0526. The zero-order valence-corrected chi connectivity index (χ0v) is 13.5. The fourth-order valence-electron chi connectivity index (χ4n) is 1.96. The predicted molar refractivity (Wildman–Crippen MR) is 89.4 cm³/mol. The number of hydrogen-bond donors (Lipinski definition) is 0. The molecule has 5 nitrogen and oxygen atoms in total. The minimum Gasteiger partial charge on any atom is -0.493 e. The van der Waals surface area contributed by atoms with Crippen LogP contribution in [0.15, 0.2) is 48.2 Å². The number of nitro groups is 1. The lowest BCUT2D eigenvalue weighted by Gasteiger charge is -2.12. The number of nitrogens with zero attached hydrogens (tertiary/aromatic N) is 1.